The highest BCUT2D eigenvalue weighted by Gasteiger charge is 2.43. The molecule has 0 saturated carbocycles. The van der Waals surface area contributed by atoms with E-state index in [1.807, 2.05) is 0 Å². The minimum Gasteiger partial charge on any atom is -0.331 e. The Kier molecular flexibility index (Phi) is 0.743. The van der Waals surface area contributed by atoms with Gasteiger partial charge in [0.25, 0.3) is 0 Å². The highest BCUT2D eigenvalue weighted by molar-refractivity contribution is 5.95. The SMILES string of the molecule is O=C1CC2CC(=O)N2C1. The first-order valence-corrected chi connectivity index (χ1v) is 3.08. The van der Waals surface area contributed by atoms with Gasteiger partial charge in [-0.2, -0.15) is 0 Å². The number of Topliss-reactive ketones (excluding diaryl/α,β-unsaturated/α-hetero) is 1. The van der Waals surface area contributed by atoms with Crippen LogP contribution in [0.4, 0.5) is 0 Å². The fourth-order valence-corrected chi connectivity index (χ4v) is 1.44. The molecule has 0 aliphatic carbocycles. The summed E-state index contributed by atoms with van der Waals surface area (Å²) in [7, 11) is 0. The van der Waals surface area contributed by atoms with Crippen LogP contribution in [0.1, 0.15) is 12.8 Å². The third-order valence-electron chi connectivity index (χ3n) is 1.98. The van der Waals surface area contributed by atoms with E-state index in [0.29, 0.717) is 19.4 Å². The van der Waals surface area contributed by atoms with Gasteiger partial charge in [0.1, 0.15) is 0 Å². The first kappa shape index (κ1) is 4.97. The number of nitrogens with zero attached hydrogens (tertiary/aromatic N) is 1. The van der Waals surface area contributed by atoms with Gasteiger partial charge in [-0.1, -0.05) is 0 Å². The van der Waals surface area contributed by atoms with Crippen molar-refractivity contribution >= 4 is 11.7 Å². The molecule has 2 aliphatic rings. The van der Waals surface area contributed by atoms with Crippen molar-refractivity contribution in [1.82, 2.24) is 4.90 Å². The van der Waals surface area contributed by atoms with Crippen molar-refractivity contribution in [1.29, 1.82) is 0 Å². The van der Waals surface area contributed by atoms with Gasteiger partial charge < -0.3 is 4.90 Å². The molecule has 0 N–H and O–H groups in total. The molecular formula is C6H7NO2. The van der Waals surface area contributed by atoms with Gasteiger partial charge in [-0.05, 0) is 0 Å². The summed E-state index contributed by atoms with van der Waals surface area (Å²) in [4.78, 5) is 22.9. The fraction of sp³-hybridized carbons (Fsp3) is 0.667. The number of carbonyl (C=O) groups excluding carboxylic acids is 2. The monoisotopic (exact) mass is 125 g/mol. The lowest BCUT2D eigenvalue weighted by Crippen LogP contribution is -2.47. The smallest absolute Gasteiger partial charge is 0.225 e. The molecule has 0 radical (unpaired) electrons. The summed E-state index contributed by atoms with van der Waals surface area (Å²) in [5.74, 6) is 0.358. The van der Waals surface area contributed by atoms with E-state index in [-0.39, 0.29) is 17.7 Å². The minimum absolute atomic E-state index is 0.144. The largest absolute Gasteiger partial charge is 0.331 e. The summed E-state index contributed by atoms with van der Waals surface area (Å²) in [6.45, 7) is 0.378. The van der Waals surface area contributed by atoms with Gasteiger partial charge in [0.2, 0.25) is 5.91 Å². The third-order valence-corrected chi connectivity index (χ3v) is 1.98. The lowest BCUT2D eigenvalue weighted by Gasteiger charge is -2.32. The maximum atomic E-state index is 10.7. The summed E-state index contributed by atoms with van der Waals surface area (Å²) in [6, 6.07) is 0.282. The molecule has 0 aromatic rings. The predicted molar refractivity (Wildman–Crippen MR) is 29.7 cm³/mol. The lowest BCUT2D eigenvalue weighted by molar-refractivity contribution is -0.143. The van der Waals surface area contributed by atoms with Gasteiger partial charge >= 0.3 is 0 Å². The molecule has 1 atom stereocenters. The van der Waals surface area contributed by atoms with Crippen molar-refractivity contribution in [3.05, 3.63) is 0 Å². The highest BCUT2D eigenvalue weighted by atomic mass is 16.2. The Labute approximate surface area is 52.6 Å². The number of carbonyl (C=O) groups is 2. The van der Waals surface area contributed by atoms with Gasteiger partial charge in [-0.25, -0.2) is 0 Å². The molecule has 0 spiro atoms. The zero-order valence-corrected chi connectivity index (χ0v) is 4.96. The summed E-state index contributed by atoms with van der Waals surface area (Å²) < 4.78 is 0. The summed E-state index contributed by atoms with van der Waals surface area (Å²) in [6.07, 6.45) is 1.21. The van der Waals surface area contributed by atoms with Crippen molar-refractivity contribution in [3.63, 3.8) is 0 Å². The molecule has 1 unspecified atom stereocenters. The highest BCUT2D eigenvalue weighted by Crippen LogP contribution is 2.27. The third kappa shape index (κ3) is 0.515. The predicted octanol–water partition coefficient (Wildman–Crippen LogP) is -0.440. The summed E-state index contributed by atoms with van der Waals surface area (Å²) >= 11 is 0. The summed E-state index contributed by atoms with van der Waals surface area (Å²) in [5, 5.41) is 0. The molecule has 3 heteroatoms. The van der Waals surface area contributed by atoms with Crippen LogP contribution in [0.2, 0.25) is 0 Å². The van der Waals surface area contributed by atoms with E-state index in [9.17, 15) is 9.59 Å². The lowest BCUT2D eigenvalue weighted by atomic mass is 10.0. The zero-order chi connectivity index (χ0) is 6.43. The van der Waals surface area contributed by atoms with Crippen molar-refractivity contribution in [2.45, 2.75) is 18.9 Å². The van der Waals surface area contributed by atoms with Crippen LogP contribution in [-0.4, -0.2) is 29.2 Å². The molecule has 9 heavy (non-hydrogen) atoms. The standard InChI is InChI=1S/C6H7NO2/c8-5-1-4-2-6(9)7(4)3-5/h4H,1-3H2. The van der Waals surface area contributed by atoms with Crippen LogP contribution in [0.5, 0.6) is 0 Å². The van der Waals surface area contributed by atoms with Crippen LogP contribution in [0, 0.1) is 0 Å². The molecule has 1 amide bonds. The van der Waals surface area contributed by atoms with Crippen LogP contribution in [0.15, 0.2) is 0 Å². The topological polar surface area (TPSA) is 37.4 Å². The van der Waals surface area contributed by atoms with Crippen LogP contribution in [0.25, 0.3) is 0 Å². The second-order valence-corrected chi connectivity index (χ2v) is 2.62. The molecule has 2 fully saturated rings. The van der Waals surface area contributed by atoms with Crippen molar-refractivity contribution in [2.75, 3.05) is 6.54 Å². The number of amides is 1. The van der Waals surface area contributed by atoms with E-state index in [1.165, 1.54) is 0 Å². The van der Waals surface area contributed by atoms with E-state index in [2.05, 4.69) is 0 Å². The number of fused-ring (bicyclic) bond motifs is 1. The van der Waals surface area contributed by atoms with Crippen molar-refractivity contribution in [2.24, 2.45) is 0 Å². The molecule has 0 aromatic heterocycles. The first-order valence-electron chi connectivity index (χ1n) is 3.08. The van der Waals surface area contributed by atoms with Crippen LogP contribution in [0.3, 0.4) is 0 Å². The number of ketones is 1. The fourth-order valence-electron chi connectivity index (χ4n) is 1.44. The van der Waals surface area contributed by atoms with Crippen LogP contribution < -0.4 is 0 Å². The molecule has 48 valence electrons. The van der Waals surface area contributed by atoms with Gasteiger partial charge in [-0.3, -0.25) is 9.59 Å². The Morgan fingerprint density at radius 2 is 2.11 bits per heavy atom. The summed E-state index contributed by atoms with van der Waals surface area (Å²) in [5.41, 5.74) is 0. The molecule has 2 saturated heterocycles. The minimum atomic E-state index is 0.144. The van der Waals surface area contributed by atoms with E-state index in [4.69, 9.17) is 0 Å². The van der Waals surface area contributed by atoms with Crippen molar-refractivity contribution in [3.8, 4) is 0 Å². The average molecular weight is 125 g/mol. The van der Waals surface area contributed by atoms with E-state index >= 15 is 0 Å². The normalized spacial score (nSPS) is 32.4. The molecule has 2 rings (SSSR count). The second kappa shape index (κ2) is 1.35. The quantitative estimate of drug-likeness (QED) is 0.411. The van der Waals surface area contributed by atoms with Crippen LogP contribution in [-0.2, 0) is 9.59 Å². The number of hydrogen-bond donors (Lipinski definition) is 0. The Morgan fingerprint density at radius 3 is 2.56 bits per heavy atom. The van der Waals surface area contributed by atoms with Gasteiger partial charge in [0.05, 0.1) is 6.54 Å². The maximum absolute atomic E-state index is 10.7. The van der Waals surface area contributed by atoms with E-state index < -0.39 is 0 Å². The average Bonchev–Trinajstić information content (AvgIpc) is 2.08. The van der Waals surface area contributed by atoms with E-state index in [1.54, 1.807) is 4.90 Å². The number of rotatable bonds is 0. The number of hydrogen-bond acceptors (Lipinski definition) is 2. The van der Waals surface area contributed by atoms with Gasteiger partial charge in [0, 0.05) is 18.9 Å². The number of β-lactam (4-membered cyclic amide) rings is 1. The molecule has 2 aliphatic heterocycles. The Hall–Kier alpha value is -0.860. The molecular weight excluding hydrogens is 118 g/mol. The Bertz CT molecular complexity index is 185. The van der Waals surface area contributed by atoms with Gasteiger partial charge in [-0.15, -0.1) is 0 Å². The zero-order valence-electron chi connectivity index (χ0n) is 4.96. The molecule has 2 heterocycles. The van der Waals surface area contributed by atoms with Crippen molar-refractivity contribution < 1.29 is 9.59 Å². The molecule has 3 nitrogen and oxygen atoms in total. The Balaban J connectivity index is 2.16. The van der Waals surface area contributed by atoms with E-state index in [0.717, 1.165) is 0 Å². The molecule has 0 aromatic carbocycles. The maximum Gasteiger partial charge on any atom is 0.225 e. The van der Waals surface area contributed by atoms with Crippen LogP contribution >= 0.6 is 0 Å². The Morgan fingerprint density at radius 1 is 1.33 bits per heavy atom. The van der Waals surface area contributed by atoms with Gasteiger partial charge in [0.15, 0.2) is 5.78 Å². The molecule has 0 bridgehead atoms. The first-order chi connectivity index (χ1) is 4.27. The second-order valence-electron chi connectivity index (χ2n) is 2.62.